The van der Waals surface area contributed by atoms with Crippen LogP contribution in [0.25, 0.3) is 5.69 Å². The molecule has 7 nitrogen and oxygen atoms in total. The van der Waals surface area contributed by atoms with Crippen molar-refractivity contribution in [2.45, 2.75) is 25.5 Å². The molecule has 1 aromatic heterocycles. The van der Waals surface area contributed by atoms with Gasteiger partial charge in [-0.2, -0.15) is 0 Å². The molecule has 0 aliphatic rings. The van der Waals surface area contributed by atoms with Gasteiger partial charge in [-0.25, -0.2) is 0 Å². The molecule has 0 bridgehead atoms. The number of nitrogens with zero attached hydrogens (tertiary/aromatic N) is 3. The van der Waals surface area contributed by atoms with Crippen molar-refractivity contribution in [1.29, 1.82) is 0 Å². The van der Waals surface area contributed by atoms with Gasteiger partial charge in [0, 0.05) is 12.2 Å². The molecule has 0 atom stereocenters. The lowest BCUT2D eigenvalue weighted by Gasteiger charge is -2.12. The number of aromatic nitrogens is 3. The number of amides is 2. The maximum Gasteiger partial charge on any atom is 0.253 e. The predicted molar refractivity (Wildman–Crippen MR) is 134 cm³/mol. The number of rotatable bonds is 8. The quantitative estimate of drug-likeness (QED) is 0.368. The molecule has 8 heteroatoms. The molecule has 0 aliphatic carbocycles. The number of benzene rings is 3. The van der Waals surface area contributed by atoms with Crippen LogP contribution >= 0.6 is 11.8 Å². The third-order valence-electron chi connectivity index (χ3n) is 5.16. The number of hydrogen-bond donors (Lipinski definition) is 2. The number of para-hydroxylation sites is 2. The average molecular weight is 472 g/mol. The Balaban J connectivity index is 1.39. The molecule has 2 amide bonds. The summed E-state index contributed by atoms with van der Waals surface area (Å²) in [4.78, 5) is 25.5. The Morgan fingerprint density at radius 3 is 2.35 bits per heavy atom. The van der Waals surface area contributed by atoms with Crippen molar-refractivity contribution in [2.75, 3.05) is 11.1 Å². The Bertz CT molecular complexity index is 1290. The van der Waals surface area contributed by atoms with Gasteiger partial charge in [0.15, 0.2) is 5.16 Å². The molecule has 0 fully saturated rings. The molecule has 0 radical (unpaired) electrons. The summed E-state index contributed by atoms with van der Waals surface area (Å²) in [6.07, 6.45) is 0. The Morgan fingerprint density at radius 1 is 0.882 bits per heavy atom. The number of thioether (sulfide) groups is 1. The fraction of sp³-hybridized carbons (Fsp3) is 0.154. The van der Waals surface area contributed by atoms with E-state index in [2.05, 4.69) is 20.8 Å². The van der Waals surface area contributed by atoms with E-state index in [-0.39, 0.29) is 17.6 Å². The maximum absolute atomic E-state index is 12.8. The average Bonchev–Trinajstić information content (AvgIpc) is 3.23. The van der Waals surface area contributed by atoms with Crippen LogP contribution in [-0.4, -0.2) is 32.3 Å². The van der Waals surface area contributed by atoms with Crippen LogP contribution in [0.15, 0.2) is 84.0 Å². The molecular formula is C26H25N5O2S. The van der Waals surface area contributed by atoms with Gasteiger partial charge in [0.05, 0.1) is 17.0 Å². The summed E-state index contributed by atoms with van der Waals surface area (Å²) in [5, 5.41) is 14.8. The number of hydrogen-bond acceptors (Lipinski definition) is 5. The second-order valence-corrected chi connectivity index (χ2v) is 8.69. The van der Waals surface area contributed by atoms with Crippen LogP contribution in [0.2, 0.25) is 0 Å². The van der Waals surface area contributed by atoms with Crippen molar-refractivity contribution < 1.29 is 9.59 Å². The van der Waals surface area contributed by atoms with Crippen LogP contribution in [0.3, 0.4) is 0 Å². The summed E-state index contributed by atoms with van der Waals surface area (Å²) in [6, 6.07) is 24.7. The number of nitrogens with one attached hydrogen (secondary N) is 2. The van der Waals surface area contributed by atoms with E-state index in [1.54, 1.807) is 24.3 Å². The first-order valence-electron chi connectivity index (χ1n) is 10.8. The van der Waals surface area contributed by atoms with Gasteiger partial charge < -0.3 is 10.6 Å². The number of carbonyl (C=O) groups is 2. The lowest BCUT2D eigenvalue weighted by molar-refractivity contribution is -0.113. The molecule has 4 aromatic rings. The third kappa shape index (κ3) is 5.71. The normalized spacial score (nSPS) is 10.6. The van der Waals surface area contributed by atoms with E-state index in [0.29, 0.717) is 23.0 Å². The first-order valence-corrected chi connectivity index (χ1v) is 11.8. The van der Waals surface area contributed by atoms with Crippen LogP contribution in [0.1, 0.15) is 27.3 Å². The summed E-state index contributed by atoms with van der Waals surface area (Å²) in [6.45, 7) is 4.30. The van der Waals surface area contributed by atoms with E-state index in [0.717, 1.165) is 22.6 Å². The van der Waals surface area contributed by atoms with Gasteiger partial charge in [-0.1, -0.05) is 71.9 Å². The van der Waals surface area contributed by atoms with Gasteiger partial charge in [0.1, 0.15) is 5.82 Å². The van der Waals surface area contributed by atoms with Crippen molar-refractivity contribution in [1.82, 2.24) is 20.1 Å². The SMILES string of the molecule is Cc1ccc(CNC(=O)c2ccccc2NC(=O)CSc2nnc(C)n2-c2ccccc2)cc1. The fourth-order valence-electron chi connectivity index (χ4n) is 3.40. The van der Waals surface area contributed by atoms with Gasteiger partial charge in [0.2, 0.25) is 5.91 Å². The van der Waals surface area contributed by atoms with Crippen LogP contribution in [0.5, 0.6) is 0 Å². The van der Waals surface area contributed by atoms with Crippen LogP contribution in [-0.2, 0) is 11.3 Å². The van der Waals surface area contributed by atoms with Crippen molar-refractivity contribution in [2.24, 2.45) is 0 Å². The molecule has 0 unspecified atom stereocenters. The largest absolute Gasteiger partial charge is 0.348 e. The number of anilines is 1. The zero-order valence-electron chi connectivity index (χ0n) is 19.0. The second-order valence-electron chi connectivity index (χ2n) is 7.75. The van der Waals surface area contributed by atoms with Gasteiger partial charge in [0.25, 0.3) is 5.91 Å². The van der Waals surface area contributed by atoms with Crippen LogP contribution in [0.4, 0.5) is 5.69 Å². The molecule has 0 spiro atoms. The molecule has 0 aliphatic heterocycles. The highest BCUT2D eigenvalue weighted by Gasteiger charge is 2.16. The zero-order chi connectivity index (χ0) is 23.9. The molecule has 0 saturated carbocycles. The van der Waals surface area contributed by atoms with E-state index >= 15 is 0 Å². The molecule has 3 aromatic carbocycles. The van der Waals surface area contributed by atoms with E-state index in [9.17, 15) is 9.59 Å². The Kier molecular flexibility index (Phi) is 7.39. The lowest BCUT2D eigenvalue weighted by Crippen LogP contribution is -2.25. The van der Waals surface area contributed by atoms with E-state index in [1.807, 2.05) is 73.0 Å². The monoisotopic (exact) mass is 471 g/mol. The molecule has 2 N–H and O–H groups in total. The molecule has 0 saturated heterocycles. The van der Waals surface area contributed by atoms with Gasteiger partial charge in [-0.3, -0.25) is 14.2 Å². The number of aryl methyl sites for hydroxylation is 2. The Morgan fingerprint density at radius 2 is 1.59 bits per heavy atom. The standard InChI is InChI=1S/C26H25N5O2S/c1-18-12-14-20(15-13-18)16-27-25(33)22-10-6-7-11-23(22)28-24(32)17-34-26-30-29-19(2)31(26)21-8-4-3-5-9-21/h3-15H,16-17H2,1-2H3,(H,27,33)(H,28,32). The maximum atomic E-state index is 12.8. The van der Waals surface area contributed by atoms with E-state index in [4.69, 9.17) is 0 Å². The summed E-state index contributed by atoms with van der Waals surface area (Å²) in [5.74, 6) is 0.391. The minimum Gasteiger partial charge on any atom is -0.348 e. The summed E-state index contributed by atoms with van der Waals surface area (Å²) in [5.41, 5.74) is 3.99. The van der Waals surface area contributed by atoms with Crippen molar-refractivity contribution in [3.05, 3.63) is 101 Å². The molecule has 34 heavy (non-hydrogen) atoms. The van der Waals surface area contributed by atoms with Gasteiger partial charge in [-0.15, -0.1) is 10.2 Å². The van der Waals surface area contributed by atoms with Crippen LogP contribution in [0, 0.1) is 13.8 Å². The van der Waals surface area contributed by atoms with E-state index < -0.39 is 0 Å². The van der Waals surface area contributed by atoms with Gasteiger partial charge in [-0.05, 0) is 43.7 Å². The third-order valence-corrected chi connectivity index (χ3v) is 6.09. The highest BCUT2D eigenvalue weighted by Crippen LogP contribution is 2.22. The van der Waals surface area contributed by atoms with Crippen molar-refractivity contribution in [3.8, 4) is 5.69 Å². The molecular weight excluding hydrogens is 446 g/mol. The second kappa shape index (κ2) is 10.8. The smallest absolute Gasteiger partial charge is 0.253 e. The van der Waals surface area contributed by atoms with Crippen molar-refractivity contribution in [3.63, 3.8) is 0 Å². The first-order chi connectivity index (χ1) is 16.5. The highest BCUT2D eigenvalue weighted by atomic mass is 32.2. The number of carbonyl (C=O) groups excluding carboxylic acids is 2. The van der Waals surface area contributed by atoms with Crippen molar-refractivity contribution >= 4 is 29.3 Å². The molecule has 1 heterocycles. The predicted octanol–water partition coefficient (Wildman–Crippen LogP) is 4.54. The Hall–Kier alpha value is -3.91. The minimum atomic E-state index is -0.247. The highest BCUT2D eigenvalue weighted by molar-refractivity contribution is 7.99. The first kappa shape index (κ1) is 23.3. The topological polar surface area (TPSA) is 88.9 Å². The van der Waals surface area contributed by atoms with Crippen LogP contribution < -0.4 is 10.6 Å². The zero-order valence-corrected chi connectivity index (χ0v) is 19.8. The lowest BCUT2D eigenvalue weighted by atomic mass is 10.1. The fourth-order valence-corrected chi connectivity index (χ4v) is 4.20. The summed E-state index contributed by atoms with van der Waals surface area (Å²) >= 11 is 1.29. The van der Waals surface area contributed by atoms with Gasteiger partial charge >= 0.3 is 0 Å². The molecule has 172 valence electrons. The molecule has 4 rings (SSSR count). The Labute approximate surface area is 202 Å². The minimum absolute atomic E-state index is 0.129. The summed E-state index contributed by atoms with van der Waals surface area (Å²) in [7, 11) is 0. The summed E-state index contributed by atoms with van der Waals surface area (Å²) < 4.78 is 1.91. The van der Waals surface area contributed by atoms with E-state index in [1.165, 1.54) is 11.8 Å².